The third-order valence-corrected chi connectivity index (χ3v) is 4.24. The van der Waals surface area contributed by atoms with Crippen LogP contribution < -0.4 is 5.32 Å². The highest BCUT2D eigenvalue weighted by Crippen LogP contribution is 2.09. The Morgan fingerprint density at radius 2 is 1.74 bits per heavy atom. The lowest BCUT2D eigenvalue weighted by Crippen LogP contribution is -2.35. The normalized spacial score (nSPS) is 16.9. The number of hydrogen-bond donors (Lipinski definition) is 1. The molecule has 3 nitrogen and oxygen atoms in total. The Bertz CT molecular complexity index is 397. The molecule has 1 saturated heterocycles. The van der Waals surface area contributed by atoms with Gasteiger partial charge in [0.05, 0.1) is 0 Å². The molecule has 0 aliphatic carbocycles. The minimum Gasteiger partial charge on any atom is -0.351 e. The Balaban J connectivity index is 1.72. The van der Waals surface area contributed by atoms with Crippen LogP contribution in [0.5, 0.6) is 0 Å². The van der Waals surface area contributed by atoms with Gasteiger partial charge in [0.15, 0.2) is 0 Å². The van der Waals surface area contributed by atoms with Crippen molar-refractivity contribution in [1.82, 2.24) is 10.2 Å². The van der Waals surface area contributed by atoms with Crippen molar-refractivity contribution < 1.29 is 4.79 Å². The molecule has 1 aliphatic rings. The standard InChI is InChI=1S/C15H21IN2O/c16-14-7-5-13(6-8-14)15(19)17-9-12-18-10-3-1-2-4-11-18/h5-8H,1-4,9-12H2,(H,17,19). The summed E-state index contributed by atoms with van der Waals surface area (Å²) in [6, 6.07) is 7.68. The van der Waals surface area contributed by atoms with Crippen molar-refractivity contribution in [3.05, 3.63) is 33.4 Å². The fraction of sp³-hybridized carbons (Fsp3) is 0.533. The zero-order chi connectivity index (χ0) is 13.5. The number of likely N-dealkylation sites (tertiary alicyclic amines) is 1. The van der Waals surface area contributed by atoms with E-state index in [1.54, 1.807) is 0 Å². The molecule has 1 aliphatic heterocycles. The van der Waals surface area contributed by atoms with E-state index in [0.29, 0.717) is 0 Å². The van der Waals surface area contributed by atoms with Crippen molar-refractivity contribution >= 4 is 28.5 Å². The van der Waals surface area contributed by atoms with Gasteiger partial charge < -0.3 is 10.2 Å². The molecule has 1 aromatic carbocycles. The van der Waals surface area contributed by atoms with Gasteiger partial charge in [-0.15, -0.1) is 0 Å². The van der Waals surface area contributed by atoms with Crippen LogP contribution in [-0.2, 0) is 0 Å². The first-order valence-electron chi connectivity index (χ1n) is 7.02. The summed E-state index contributed by atoms with van der Waals surface area (Å²) in [7, 11) is 0. The molecule has 2 rings (SSSR count). The summed E-state index contributed by atoms with van der Waals surface area (Å²) in [6.07, 6.45) is 5.30. The summed E-state index contributed by atoms with van der Waals surface area (Å²) in [4.78, 5) is 14.4. The summed E-state index contributed by atoms with van der Waals surface area (Å²) in [6.45, 7) is 4.07. The second-order valence-corrected chi connectivity index (χ2v) is 6.26. The van der Waals surface area contributed by atoms with Gasteiger partial charge >= 0.3 is 0 Å². The number of rotatable bonds is 4. The van der Waals surface area contributed by atoms with E-state index in [9.17, 15) is 4.79 Å². The predicted molar refractivity (Wildman–Crippen MR) is 86.4 cm³/mol. The number of benzene rings is 1. The first-order valence-corrected chi connectivity index (χ1v) is 8.10. The Labute approximate surface area is 128 Å². The molecular weight excluding hydrogens is 351 g/mol. The lowest BCUT2D eigenvalue weighted by molar-refractivity contribution is 0.0948. The maximum atomic E-state index is 11.9. The molecule has 0 saturated carbocycles. The van der Waals surface area contributed by atoms with E-state index in [0.717, 1.165) is 22.2 Å². The molecule has 0 unspecified atom stereocenters. The van der Waals surface area contributed by atoms with Crippen molar-refractivity contribution in [2.45, 2.75) is 25.7 Å². The summed E-state index contributed by atoms with van der Waals surface area (Å²) in [5.74, 6) is 0.0335. The van der Waals surface area contributed by atoms with E-state index >= 15 is 0 Å². The Hall–Kier alpha value is -0.620. The topological polar surface area (TPSA) is 32.3 Å². The molecule has 1 amide bonds. The van der Waals surface area contributed by atoms with Gasteiger partial charge in [-0.1, -0.05) is 12.8 Å². The summed E-state index contributed by atoms with van der Waals surface area (Å²) < 4.78 is 1.15. The van der Waals surface area contributed by atoms with Crippen LogP contribution >= 0.6 is 22.6 Å². The Morgan fingerprint density at radius 3 is 2.37 bits per heavy atom. The predicted octanol–water partition coefficient (Wildman–Crippen LogP) is 2.90. The molecule has 1 heterocycles. The van der Waals surface area contributed by atoms with Gasteiger partial charge in [0.1, 0.15) is 0 Å². The van der Waals surface area contributed by atoms with Gasteiger partial charge in [-0.2, -0.15) is 0 Å². The smallest absolute Gasteiger partial charge is 0.251 e. The number of halogens is 1. The molecule has 4 heteroatoms. The minimum atomic E-state index is 0.0335. The number of carbonyl (C=O) groups is 1. The molecule has 1 aromatic rings. The maximum absolute atomic E-state index is 11.9. The highest BCUT2D eigenvalue weighted by Gasteiger charge is 2.09. The van der Waals surface area contributed by atoms with Crippen molar-refractivity contribution in [2.24, 2.45) is 0 Å². The number of hydrogen-bond acceptors (Lipinski definition) is 2. The van der Waals surface area contributed by atoms with Crippen molar-refractivity contribution in [2.75, 3.05) is 26.2 Å². The Kier molecular flexibility index (Phi) is 6.10. The van der Waals surface area contributed by atoms with Gasteiger partial charge in [0, 0.05) is 22.2 Å². The van der Waals surface area contributed by atoms with Crippen LogP contribution in [-0.4, -0.2) is 37.0 Å². The zero-order valence-electron chi connectivity index (χ0n) is 11.2. The van der Waals surface area contributed by atoms with Crippen LogP contribution in [0.15, 0.2) is 24.3 Å². The lowest BCUT2D eigenvalue weighted by Gasteiger charge is -2.19. The average molecular weight is 372 g/mol. The van der Waals surface area contributed by atoms with Crippen LogP contribution in [0, 0.1) is 3.57 Å². The zero-order valence-corrected chi connectivity index (χ0v) is 13.4. The van der Waals surface area contributed by atoms with Gasteiger partial charge in [-0.3, -0.25) is 4.79 Å². The second kappa shape index (κ2) is 7.85. The van der Waals surface area contributed by atoms with Crippen LogP contribution in [0.4, 0.5) is 0 Å². The molecular formula is C15H21IN2O. The monoisotopic (exact) mass is 372 g/mol. The van der Waals surface area contributed by atoms with Crippen LogP contribution in [0.25, 0.3) is 0 Å². The van der Waals surface area contributed by atoms with E-state index in [2.05, 4.69) is 32.8 Å². The van der Waals surface area contributed by atoms with Crippen molar-refractivity contribution in [3.63, 3.8) is 0 Å². The lowest BCUT2D eigenvalue weighted by atomic mass is 10.2. The van der Waals surface area contributed by atoms with Gasteiger partial charge in [-0.25, -0.2) is 0 Å². The molecule has 1 N–H and O–H groups in total. The van der Waals surface area contributed by atoms with E-state index in [1.807, 2.05) is 24.3 Å². The van der Waals surface area contributed by atoms with E-state index in [-0.39, 0.29) is 5.91 Å². The fourth-order valence-electron chi connectivity index (χ4n) is 2.39. The largest absolute Gasteiger partial charge is 0.351 e. The molecule has 104 valence electrons. The molecule has 19 heavy (non-hydrogen) atoms. The van der Waals surface area contributed by atoms with Crippen LogP contribution in [0.2, 0.25) is 0 Å². The highest BCUT2D eigenvalue weighted by molar-refractivity contribution is 14.1. The average Bonchev–Trinajstić information content (AvgIpc) is 2.68. The van der Waals surface area contributed by atoms with Crippen LogP contribution in [0.3, 0.4) is 0 Å². The SMILES string of the molecule is O=C(NCCN1CCCCCC1)c1ccc(I)cc1. The first kappa shape index (κ1) is 14.8. The van der Waals surface area contributed by atoms with Crippen molar-refractivity contribution in [3.8, 4) is 0 Å². The summed E-state index contributed by atoms with van der Waals surface area (Å²) in [5, 5.41) is 3.00. The van der Waals surface area contributed by atoms with Crippen molar-refractivity contribution in [1.29, 1.82) is 0 Å². The highest BCUT2D eigenvalue weighted by atomic mass is 127. The molecule has 1 fully saturated rings. The van der Waals surface area contributed by atoms with Crippen LogP contribution in [0.1, 0.15) is 36.0 Å². The van der Waals surface area contributed by atoms with Gasteiger partial charge in [-0.05, 0) is 72.8 Å². The minimum absolute atomic E-state index is 0.0335. The first-order chi connectivity index (χ1) is 9.25. The molecule has 0 bridgehead atoms. The number of nitrogens with one attached hydrogen (secondary N) is 1. The Morgan fingerprint density at radius 1 is 1.11 bits per heavy atom. The number of nitrogens with zero attached hydrogens (tertiary/aromatic N) is 1. The molecule has 0 atom stereocenters. The fourth-order valence-corrected chi connectivity index (χ4v) is 2.75. The third kappa shape index (κ3) is 5.10. The maximum Gasteiger partial charge on any atom is 0.251 e. The van der Waals surface area contributed by atoms with E-state index in [1.165, 1.54) is 38.8 Å². The number of amides is 1. The quantitative estimate of drug-likeness (QED) is 0.825. The molecule has 0 aromatic heterocycles. The summed E-state index contributed by atoms with van der Waals surface area (Å²) >= 11 is 2.24. The molecule has 0 spiro atoms. The second-order valence-electron chi connectivity index (χ2n) is 5.02. The van der Waals surface area contributed by atoms with Gasteiger partial charge in [0.2, 0.25) is 0 Å². The van der Waals surface area contributed by atoms with E-state index in [4.69, 9.17) is 0 Å². The third-order valence-electron chi connectivity index (χ3n) is 3.52. The summed E-state index contributed by atoms with van der Waals surface area (Å²) in [5.41, 5.74) is 0.747. The molecule has 0 radical (unpaired) electrons. The van der Waals surface area contributed by atoms with Gasteiger partial charge in [0.25, 0.3) is 5.91 Å². The van der Waals surface area contributed by atoms with E-state index < -0.39 is 0 Å². The number of carbonyl (C=O) groups excluding carboxylic acids is 1.